The third kappa shape index (κ3) is 9.47. The number of hydrogen-bond acceptors (Lipinski definition) is 4. The number of nitrogens with zero attached hydrogens (tertiary/aromatic N) is 1. The maximum Gasteiger partial charge on any atom is 0.490 e. The van der Waals surface area contributed by atoms with Crippen LogP contribution in [0.4, 0.5) is 13.2 Å². The van der Waals surface area contributed by atoms with E-state index in [9.17, 15) is 22.8 Å². The van der Waals surface area contributed by atoms with Gasteiger partial charge in [0.15, 0.2) is 0 Å². The lowest BCUT2D eigenvalue weighted by atomic mass is 9.80. The maximum atomic E-state index is 12.7. The summed E-state index contributed by atoms with van der Waals surface area (Å²) in [5.74, 6) is -1.82. The van der Waals surface area contributed by atoms with Crippen LogP contribution < -0.4 is 5.73 Å². The van der Waals surface area contributed by atoms with Crippen LogP contribution in [0.25, 0.3) is 0 Å². The lowest BCUT2D eigenvalue weighted by Crippen LogP contribution is -2.31. The van der Waals surface area contributed by atoms with Crippen LogP contribution in [0.3, 0.4) is 0 Å². The van der Waals surface area contributed by atoms with Crippen molar-refractivity contribution in [3.05, 3.63) is 47.5 Å². The number of alkyl halides is 3. The van der Waals surface area contributed by atoms with Crippen molar-refractivity contribution in [2.24, 2.45) is 17.6 Å². The molecule has 1 aromatic carbocycles. The number of amides is 1. The molecule has 0 bridgehead atoms. The van der Waals surface area contributed by atoms with Gasteiger partial charge in [0.2, 0.25) is 5.91 Å². The van der Waals surface area contributed by atoms with Gasteiger partial charge in [0.25, 0.3) is 0 Å². The Hall–Kier alpha value is -2.68. The predicted octanol–water partition coefficient (Wildman–Crippen LogP) is 5.00. The van der Waals surface area contributed by atoms with Crippen molar-refractivity contribution in [2.75, 3.05) is 0 Å². The van der Waals surface area contributed by atoms with Gasteiger partial charge >= 0.3 is 12.1 Å². The van der Waals surface area contributed by atoms with Crippen LogP contribution in [0.1, 0.15) is 69.4 Å². The van der Waals surface area contributed by atoms with Crippen molar-refractivity contribution in [1.82, 2.24) is 4.90 Å². The number of hydrogen-bond donors (Lipinski definition) is 2. The smallest absolute Gasteiger partial charge is 0.475 e. The normalized spacial score (nSPS) is 17.9. The average Bonchev–Trinajstić information content (AvgIpc) is 3.26. The van der Waals surface area contributed by atoms with Crippen LogP contribution in [0.5, 0.6) is 0 Å². The number of carbonyl (C=O) groups is 3. The van der Waals surface area contributed by atoms with E-state index in [4.69, 9.17) is 15.6 Å². The zero-order valence-electron chi connectivity index (χ0n) is 20.1. The molecule has 3 N–H and O–H groups in total. The van der Waals surface area contributed by atoms with Crippen LogP contribution in [-0.4, -0.2) is 39.9 Å². The van der Waals surface area contributed by atoms with Crippen molar-refractivity contribution in [1.29, 1.82) is 0 Å². The standard InChI is InChI=1S/C24H34N2O2.C2HF3O2/c1-2-22(25)23(27)15-19(14-18-8-4-3-5-9-18)12-13-24(28)26-16-20-10-6-7-11-21(20)17-26;3-2(4,5)1(6)7/h6-7,10-13,18-19,22H,2-5,8-9,14-17,25H2,1H3;(H,6,7)/b13-12+;/t19-,22+;/m1./s1. The molecule has 9 heteroatoms. The summed E-state index contributed by atoms with van der Waals surface area (Å²) in [6.07, 6.45) is 7.10. The van der Waals surface area contributed by atoms with E-state index < -0.39 is 12.1 Å². The van der Waals surface area contributed by atoms with Gasteiger partial charge in [-0.05, 0) is 41.9 Å². The number of nitrogens with two attached hydrogens (primary N) is 1. The first kappa shape index (κ1) is 28.6. The molecule has 0 radical (unpaired) electrons. The molecular weight excluding hydrogens is 461 g/mol. The lowest BCUT2D eigenvalue weighted by Gasteiger charge is -2.25. The summed E-state index contributed by atoms with van der Waals surface area (Å²) in [5.41, 5.74) is 8.41. The van der Waals surface area contributed by atoms with Gasteiger partial charge in [-0.3, -0.25) is 9.59 Å². The highest BCUT2D eigenvalue weighted by molar-refractivity contribution is 5.88. The van der Waals surface area contributed by atoms with Crippen molar-refractivity contribution in [3.63, 3.8) is 0 Å². The topological polar surface area (TPSA) is 101 Å². The molecule has 1 fully saturated rings. The highest BCUT2D eigenvalue weighted by Gasteiger charge is 2.38. The number of ketones is 1. The highest BCUT2D eigenvalue weighted by atomic mass is 19.4. The van der Waals surface area contributed by atoms with Gasteiger partial charge in [0.1, 0.15) is 5.78 Å². The van der Waals surface area contributed by atoms with E-state index in [0.717, 1.165) is 6.42 Å². The van der Waals surface area contributed by atoms with Gasteiger partial charge in [0.05, 0.1) is 6.04 Å². The number of halogens is 3. The van der Waals surface area contributed by atoms with Crippen LogP contribution in [0, 0.1) is 11.8 Å². The Morgan fingerprint density at radius 3 is 2.14 bits per heavy atom. The lowest BCUT2D eigenvalue weighted by molar-refractivity contribution is -0.192. The number of aliphatic carboxylic acids is 1. The fraction of sp³-hybridized carbons (Fsp3) is 0.577. The molecule has 0 unspecified atom stereocenters. The summed E-state index contributed by atoms with van der Waals surface area (Å²) in [6, 6.07) is 7.83. The molecular formula is C26H35F3N2O4. The molecule has 2 aliphatic rings. The van der Waals surface area contributed by atoms with Gasteiger partial charge in [-0.1, -0.05) is 69.4 Å². The third-order valence-electron chi connectivity index (χ3n) is 6.58. The van der Waals surface area contributed by atoms with Gasteiger partial charge in [-0.2, -0.15) is 13.2 Å². The first-order valence-corrected chi connectivity index (χ1v) is 12.1. The van der Waals surface area contributed by atoms with E-state index in [1.807, 2.05) is 30.0 Å². The van der Waals surface area contributed by atoms with Gasteiger partial charge in [0, 0.05) is 19.5 Å². The second-order valence-corrected chi connectivity index (χ2v) is 9.31. The number of benzene rings is 1. The predicted molar refractivity (Wildman–Crippen MR) is 126 cm³/mol. The minimum atomic E-state index is -5.08. The number of Topliss-reactive ketones (excluding diaryl/α,β-unsaturated/α-hetero) is 1. The van der Waals surface area contributed by atoms with Crippen molar-refractivity contribution >= 4 is 17.7 Å². The SMILES string of the molecule is CC[C@H](N)C(=O)C[C@H](/C=C/C(=O)N1Cc2ccccc2C1)CC1CCCCC1.O=C(O)C(F)(F)F. The molecule has 1 saturated carbocycles. The monoisotopic (exact) mass is 496 g/mol. The molecule has 194 valence electrons. The first-order valence-electron chi connectivity index (χ1n) is 12.1. The van der Waals surface area contributed by atoms with Crippen LogP contribution >= 0.6 is 0 Å². The molecule has 1 amide bonds. The Morgan fingerprint density at radius 2 is 1.66 bits per heavy atom. The van der Waals surface area contributed by atoms with Crippen LogP contribution in [-0.2, 0) is 27.5 Å². The van der Waals surface area contributed by atoms with Crippen molar-refractivity contribution in [3.8, 4) is 0 Å². The number of carboxylic acids is 1. The second kappa shape index (κ2) is 13.4. The van der Waals surface area contributed by atoms with E-state index in [-0.39, 0.29) is 23.7 Å². The summed E-state index contributed by atoms with van der Waals surface area (Å²) < 4.78 is 31.7. The number of carbonyl (C=O) groups excluding carboxylic acids is 2. The minimum Gasteiger partial charge on any atom is -0.475 e. The molecule has 35 heavy (non-hydrogen) atoms. The molecule has 1 heterocycles. The van der Waals surface area contributed by atoms with E-state index in [1.165, 1.54) is 43.2 Å². The Morgan fingerprint density at radius 1 is 1.11 bits per heavy atom. The van der Waals surface area contributed by atoms with E-state index in [2.05, 4.69) is 12.1 Å². The Labute approximate surface area is 204 Å². The number of carboxylic acid groups (broad SMARTS) is 1. The van der Waals surface area contributed by atoms with Crippen molar-refractivity contribution in [2.45, 2.75) is 83.6 Å². The quantitative estimate of drug-likeness (QED) is 0.493. The highest BCUT2D eigenvalue weighted by Crippen LogP contribution is 2.31. The number of rotatable bonds is 8. The summed E-state index contributed by atoms with van der Waals surface area (Å²) >= 11 is 0. The molecule has 1 aromatic rings. The number of allylic oxidation sites excluding steroid dienone is 1. The second-order valence-electron chi connectivity index (χ2n) is 9.31. The third-order valence-corrected chi connectivity index (χ3v) is 6.58. The largest absolute Gasteiger partial charge is 0.490 e. The number of fused-ring (bicyclic) bond motifs is 1. The van der Waals surface area contributed by atoms with Gasteiger partial charge in [-0.15, -0.1) is 0 Å². The maximum absolute atomic E-state index is 12.7. The first-order chi connectivity index (χ1) is 16.5. The molecule has 2 atom stereocenters. The summed E-state index contributed by atoms with van der Waals surface area (Å²) in [6.45, 7) is 3.29. The summed E-state index contributed by atoms with van der Waals surface area (Å²) in [7, 11) is 0. The Kier molecular flexibility index (Phi) is 10.9. The fourth-order valence-electron chi connectivity index (χ4n) is 4.53. The molecule has 0 aromatic heterocycles. The zero-order valence-corrected chi connectivity index (χ0v) is 20.1. The summed E-state index contributed by atoms with van der Waals surface area (Å²) in [4.78, 5) is 35.9. The van der Waals surface area contributed by atoms with Gasteiger partial charge < -0.3 is 15.7 Å². The molecule has 0 saturated heterocycles. The minimum absolute atomic E-state index is 0.0390. The molecule has 3 rings (SSSR count). The Balaban J connectivity index is 0.000000540. The summed E-state index contributed by atoms with van der Waals surface area (Å²) in [5, 5.41) is 7.12. The van der Waals surface area contributed by atoms with E-state index in [0.29, 0.717) is 31.8 Å². The molecule has 0 spiro atoms. The Bertz CT molecular complexity index is 870. The van der Waals surface area contributed by atoms with Crippen molar-refractivity contribution < 1.29 is 32.7 Å². The van der Waals surface area contributed by atoms with Gasteiger partial charge in [-0.25, -0.2) is 4.79 Å². The molecule has 1 aliphatic carbocycles. The van der Waals surface area contributed by atoms with Crippen LogP contribution in [0.15, 0.2) is 36.4 Å². The zero-order chi connectivity index (χ0) is 26.0. The van der Waals surface area contributed by atoms with E-state index in [1.54, 1.807) is 6.08 Å². The molecule has 6 nitrogen and oxygen atoms in total. The average molecular weight is 497 g/mol. The van der Waals surface area contributed by atoms with E-state index >= 15 is 0 Å². The van der Waals surface area contributed by atoms with Crippen LogP contribution in [0.2, 0.25) is 0 Å². The fourth-order valence-corrected chi connectivity index (χ4v) is 4.53. The molecule has 1 aliphatic heterocycles.